The SMILES string of the molecule is CC(C)N(CCCBr)CCc1ccnn1C. The highest BCUT2D eigenvalue weighted by Gasteiger charge is 2.09. The summed E-state index contributed by atoms with van der Waals surface area (Å²) in [6.45, 7) is 6.81. The number of aromatic nitrogens is 2. The van der Waals surface area contributed by atoms with Gasteiger partial charge in [0.2, 0.25) is 0 Å². The van der Waals surface area contributed by atoms with Crippen molar-refractivity contribution in [1.29, 1.82) is 0 Å². The monoisotopic (exact) mass is 287 g/mol. The Morgan fingerprint density at radius 2 is 2.19 bits per heavy atom. The third-order valence-corrected chi connectivity index (χ3v) is 3.45. The molecule has 0 N–H and O–H groups in total. The van der Waals surface area contributed by atoms with Gasteiger partial charge in [0, 0.05) is 43.3 Å². The molecule has 0 saturated carbocycles. The molecule has 0 aliphatic rings. The quantitative estimate of drug-likeness (QED) is 0.719. The van der Waals surface area contributed by atoms with E-state index in [4.69, 9.17) is 0 Å². The minimum absolute atomic E-state index is 0.618. The molecule has 0 fully saturated rings. The van der Waals surface area contributed by atoms with Crippen molar-refractivity contribution in [3.05, 3.63) is 18.0 Å². The molecule has 16 heavy (non-hydrogen) atoms. The molecule has 1 aromatic heterocycles. The highest BCUT2D eigenvalue weighted by atomic mass is 79.9. The van der Waals surface area contributed by atoms with Crippen molar-refractivity contribution in [3.8, 4) is 0 Å². The maximum atomic E-state index is 4.19. The molecule has 0 spiro atoms. The Hall–Kier alpha value is -0.350. The fourth-order valence-electron chi connectivity index (χ4n) is 1.80. The van der Waals surface area contributed by atoms with Crippen LogP contribution in [-0.4, -0.2) is 39.1 Å². The smallest absolute Gasteiger partial charge is 0.0492 e. The van der Waals surface area contributed by atoms with Crippen LogP contribution in [0, 0.1) is 0 Å². The second-order valence-electron chi connectivity index (χ2n) is 4.37. The summed E-state index contributed by atoms with van der Waals surface area (Å²) in [4.78, 5) is 2.52. The Morgan fingerprint density at radius 3 is 2.69 bits per heavy atom. The highest BCUT2D eigenvalue weighted by Crippen LogP contribution is 2.05. The summed E-state index contributed by atoms with van der Waals surface area (Å²) in [5.41, 5.74) is 1.31. The Balaban J connectivity index is 2.40. The number of hydrogen-bond donors (Lipinski definition) is 0. The number of halogens is 1. The average Bonchev–Trinajstić information content (AvgIpc) is 2.64. The van der Waals surface area contributed by atoms with Gasteiger partial charge in [0.15, 0.2) is 0 Å². The van der Waals surface area contributed by atoms with Gasteiger partial charge >= 0.3 is 0 Å². The lowest BCUT2D eigenvalue weighted by molar-refractivity contribution is 0.224. The first-order valence-electron chi connectivity index (χ1n) is 5.92. The van der Waals surface area contributed by atoms with E-state index >= 15 is 0 Å². The van der Waals surface area contributed by atoms with Gasteiger partial charge in [0.05, 0.1) is 0 Å². The zero-order chi connectivity index (χ0) is 12.0. The topological polar surface area (TPSA) is 21.1 Å². The molecule has 0 aromatic carbocycles. The minimum atomic E-state index is 0.618. The van der Waals surface area contributed by atoms with E-state index in [0.717, 1.165) is 18.3 Å². The second-order valence-corrected chi connectivity index (χ2v) is 5.16. The van der Waals surface area contributed by atoms with E-state index in [1.807, 2.05) is 17.9 Å². The van der Waals surface area contributed by atoms with Crippen LogP contribution in [0.25, 0.3) is 0 Å². The predicted octanol–water partition coefficient (Wildman–Crippen LogP) is 2.46. The number of alkyl halides is 1. The van der Waals surface area contributed by atoms with Crippen LogP contribution in [0.1, 0.15) is 26.0 Å². The molecule has 1 rings (SSSR count). The molecule has 1 aromatic rings. The number of aryl methyl sites for hydroxylation is 1. The first-order valence-corrected chi connectivity index (χ1v) is 7.04. The van der Waals surface area contributed by atoms with Gasteiger partial charge in [-0.05, 0) is 32.9 Å². The zero-order valence-electron chi connectivity index (χ0n) is 10.5. The van der Waals surface area contributed by atoms with E-state index in [1.54, 1.807) is 0 Å². The van der Waals surface area contributed by atoms with Crippen molar-refractivity contribution >= 4 is 15.9 Å². The third kappa shape index (κ3) is 4.26. The van der Waals surface area contributed by atoms with Crippen LogP contribution < -0.4 is 0 Å². The van der Waals surface area contributed by atoms with Crippen LogP contribution in [0.5, 0.6) is 0 Å². The van der Waals surface area contributed by atoms with Crippen LogP contribution >= 0.6 is 15.9 Å². The Labute approximate surface area is 107 Å². The van der Waals surface area contributed by atoms with Crippen molar-refractivity contribution in [3.63, 3.8) is 0 Å². The van der Waals surface area contributed by atoms with Crippen molar-refractivity contribution in [1.82, 2.24) is 14.7 Å². The molecule has 0 amide bonds. The molecule has 0 unspecified atom stereocenters. The number of hydrogen-bond acceptors (Lipinski definition) is 2. The zero-order valence-corrected chi connectivity index (χ0v) is 12.1. The second kappa shape index (κ2) is 7.07. The van der Waals surface area contributed by atoms with Crippen molar-refractivity contribution in [2.45, 2.75) is 32.7 Å². The summed E-state index contributed by atoms with van der Waals surface area (Å²) >= 11 is 3.49. The van der Waals surface area contributed by atoms with E-state index in [-0.39, 0.29) is 0 Å². The fourth-order valence-corrected chi connectivity index (χ4v) is 2.05. The lowest BCUT2D eigenvalue weighted by atomic mass is 10.2. The maximum Gasteiger partial charge on any atom is 0.0492 e. The average molecular weight is 288 g/mol. The van der Waals surface area contributed by atoms with E-state index < -0.39 is 0 Å². The Kier molecular flexibility index (Phi) is 6.06. The molecule has 0 aliphatic carbocycles. The third-order valence-electron chi connectivity index (χ3n) is 2.89. The van der Waals surface area contributed by atoms with Crippen molar-refractivity contribution in [2.24, 2.45) is 7.05 Å². The minimum Gasteiger partial charge on any atom is -0.301 e. The summed E-state index contributed by atoms with van der Waals surface area (Å²) in [7, 11) is 2.01. The molecule has 0 bridgehead atoms. The molecule has 0 saturated heterocycles. The lowest BCUT2D eigenvalue weighted by Gasteiger charge is -2.26. The number of nitrogens with zero attached hydrogens (tertiary/aromatic N) is 3. The van der Waals surface area contributed by atoms with Crippen molar-refractivity contribution in [2.75, 3.05) is 18.4 Å². The van der Waals surface area contributed by atoms with Gasteiger partial charge in [0.1, 0.15) is 0 Å². The fraction of sp³-hybridized carbons (Fsp3) is 0.750. The number of rotatable bonds is 7. The molecule has 92 valence electrons. The van der Waals surface area contributed by atoms with Crippen LogP contribution in [0.15, 0.2) is 12.3 Å². The van der Waals surface area contributed by atoms with E-state index in [2.05, 4.69) is 45.8 Å². The molecule has 0 atom stereocenters. The van der Waals surface area contributed by atoms with E-state index in [9.17, 15) is 0 Å². The summed E-state index contributed by atoms with van der Waals surface area (Å²) in [6, 6.07) is 2.72. The summed E-state index contributed by atoms with van der Waals surface area (Å²) < 4.78 is 1.96. The molecule has 4 heteroatoms. The summed E-state index contributed by atoms with van der Waals surface area (Å²) in [6.07, 6.45) is 4.16. The van der Waals surface area contributed by atoms with E-state index in [0.29, 0.717) is 6.04 Å². The normalized spacial score (nSPS) is 11.6. The predicted molar refractivity (Wildman–Crippen MR) is 72.0 cm³/mol. The molecule has 3 nitrogen and oxygen atoms in total. The standard InChI is InChI=1S/C12H22BrN3/c1-11(2)16(9-4-7-13)10-6-12-5-8-14-15(12)3/h5,8,11H,4,6-7,9-10H2,1-3H3. The molecular formula is C12H22BrN3. The van der Waals surface area contributed by atoms with Gasteiger partial charge in [0.25, 0.3) is 0 Å². The Morgan fingerprint density at radius 1 is 1.44 bits per heavy atom. The molecule has 0 aliphatic heterocycles. The summed E-state index contributed by atoms with van der Waals surface area (Å²) in [5, 5.41) is 5.28. The van der Waals surface area contributed by atoms with Gasteiger partial charge in [-0.3, -0.25) is 4.68 Å². The van der Waals surface area contributed by atoms with Crippen LogP contribution in [-0.2, 0) is 13.5 Å². The Bertz CT molecular complexity index is 296. The summed E-state index contributed by atoms with van der Waals surface area (Å²) in [5.74, 6) is 0. The van der Waals surface area contributed by atoms with Gasteiger partial charge in [-0.15, -0.1) is 0 Å². The molecular weight excluding hydrogens is 266 g/mol. The van der Waals surface area contributed by atoms with Crippen LogP contribution in [0.4, 0.5) is 0 Å². The first-order chi connectivity index (χ1) is 7.65. The maximum absolute atomic E-state index is 4.19. The van der Waals surface area contributed by atoms with E-state index in [1.165, 1.54) is 18.7 Å². The highest BCUT2D eigenvalue weighted by molar-refractivity contribution is 9.09. The van der Waals surface area contributed by atoms with Crippen LogP contribution in [0.2, 0.25) is 0 Å². The van der Waals surface area contributed by atoms with Gasteiger partial charge in [-0.2, -0.15) is 5.10 Å². The van der Waals surface area contributed by atoms with Gasteiger partial charge < -0.3 is 4.90 Å². The van der Waals surface area contributed by atoms with Crippen molar-refractivity contribution < 1.29 is 0 Å². The first kappa shape index (κ1) is 13.7. The molecule has 0 radical (unpaired) electrons. The molecule has 1 heterocycles. The van der Waals surface area contributed by atoms with Gasteiger partial charge in [-0.1, -0.05) is 15.9 Å². The lowest BCUT2D eigenvalue weighted by Crippen LogP contribution is -2.34. The van der Waals surface area contributed by atoms with Crippen LogP contribution in [0.3, 0.4) is 0 Å². The van der Waals surface area contributed by atoms with Gasteiger partial charge in [-0.25, -0.2) is 0 Å². The largest absolute Gasteiger partial charge is 0.301 e.